The average molecular weight is 421 g/mol. The number of hydrogen-bond acceptors (Lipinski definition) is 5. The lowest BCUT2D eigenvalue weighted by molar-refractivity contribution is -0.143. The fraction of sp³-hybridized carbons (Fsp3) is 0.360. The Labute approximate surface area is 183 Å². The van der Waals surface area contributed by atoms with Gasteiger partial charge in [0.1, 0.15) is 0 Å². The molecule has 1 aliphatic heterocycles. The SMILES string of the molecule is COc1cccc([C@H]2CC(=O)N(N(C)C)C3=C2C(=O)C[C@H](c2ccccc2)C3)c1OC. The highest BCUT2D eigenvalue weighted by atomic mass is 16.5. The van der Waals surface area contributed by atoms with E-state index in [2.05, 4.69) is 12.1 Å². The highest BCUT2D eigenvalue weighted by Crippen LogP contribution is 2.48. The molecule has 0 saturated carbocycles. The Morgan fingerprint density at radius 2 is 1.65 bits per heavy atom. The summed E-state index contributed by atoms with van der Waals surface area (Å²) in [7, 11) is 6.85. The Morgan fingerprint density at radius 1 is 0.903 bits per heavy atom. The van der Waals surface area contributed by atoms with Crippen LogP contribution in [0.2, 0.25) is 0 Å². The lowest BCUT2D eigenvalue weighted by Gasteiger charge is -2.43. The number of carbonyl (C=O) groups is 2. The first kappa shape index (κ1) is 21.1. The molecule has 162 valence electrons. The predicted octanol–water partition coefficient (Wildman–Crippen LogP) is 3.90. The van der Waals surface area contributed by atoms with Gasteiger partial charge in [-0.1, -0.05) is 42.5 Å². The highest BCUT2D eigenvalue weighted by molar-refractivity contribution is 6.02. The van der Waals surface area contributed by atoms with Crippen LogP contribution in [0.3, 0.4) is 0 Å². The first-order valence-electron chi connectivity index (χ1n) is 10.5. The van der Waals surface area contributed by atoms with Crippen molar-refractivity contribution in [1.82, 2.24) is 10.0 Å². The second-order valence-electron chi connectivity index (χ2n) is 8.19. The number of benzene rings is 2. The Balaban J connectivity index is 1.86. The van der Waals surface area contributed by atoms with Crippen LogP contribution < -0.4 is 9.47 Å². The van der Waals surface area contributed by atoms with Crippen LogP contribution in [0.5, 0.6) is 11.5 Å². The van der Waals surface area contributed by atoms with Crippen LogP contribution in [-0.2, 0) is 9.59 Å². The number of nitrogens with zero attached hydrogens (tertiary/aromatic N) is 2. The van der Waals surface area contributed by atoms with Crippen molar-refractivity contribution in [3.63, 3.8) is 0 Å². The largest absolute Gasteiger partial charge is 0.493 e. The minimum Gasteiger partial charge on any atom is -0.493 e. The Bertz CT molecular complexity index is 1030. The lowest BCUT2D eigenvalue weighted by atomic mass is 9.73. The van der Waals surface area contributed by atoms with Gasteiger partial charge >= 0.3 is 0 Å². The van der Waals surface area contributed by atoms with Gasteiger partial charge in [-0.25, -0.2) is 10.0 Å². The zero-order valence-electron chi connectivity index (χ0n) is 18.4. The number of hydrazine groups is 1. The molecule has 1 amide bonds. The Morgan fingerprint density at radius 3 is 2.29 bits per heavy atom. The van der Waals surface area contributed by atoms with Crippen molar-refractivity contribution in [2.24, 2.45) is 0 Å². The van der Waals surface area contributed by atoms with Crippen molar-refractivity contribution in [1.29, 1.82) is 0 Å². The second kappa shape index (κ2) is 8.55. The molecule has 0 bridgehead atoms. The van der Waals surface area contributed by atoms with Gasteiger partial charge in [0.05, 0.1) is 14.2 Å². The van der Waals surface area contributed by atoms with Gasteiger partial charge < -0.3 is 9.47 Å². The summed E-state index contributed by atoms with van der Waals surface area (Å²) in [6.07, 6.45) is 1.28. The molecular formula is C25H28N2O4. The van der Waals surface area contributed by atoms with Crippen LogP contribution in [0.1, 0.15) is 42.2 Å². The molecule has 6 nitrogen and oxygen atoms in total. The van der Waals surface area contributed by atoms with Crippen LogP contribution in [0.15, 0.2) is 59.8 Å². The molecule has 0 saturated heterocycles. The molecule has 2 atom stereocenters. The van der Waals surface area contributed by atoms with Gasteiger partial charge in [0.25, 0.3) is 0 Å². The van der Waals surface area contributed by atoms with Crippen molar-refractivity contribution in [3.8, 4) is 11.5 Å². The maximum Gasteiger partial charge on any atom is 0.242 e. The number of rotatable bonds is 5. The summed E-state index contributed by atoms with van der Waals surface area (Å²) in [4.78, 5) is 26.8. The van der Waals surface area contributed by atoms with E-state index in [1.54, 1.807) is 24.2 Å². The molecule has 4 rings (SSSR count). The van der Waals surface area contributed by atoms with Gasteiger partial charge in [-0.3, -0.25) is 9.59 Å². The Kier molecular flexibility index (Phi) is 5.83. The number of allylic oxidation sites excluding steroid dienone is 2. The first-order valence-corrected chi connectivity index (χ1v) is 10.5. The fourth-order valence-corrected chi connectivity index (χ4v) is 4.90. The van der Waals surface area contributed by atoms with Gasteiger partial charge in [0.15, 0.2) is 17.3 Å². The van der Waals surface area contributed by atoms with Crippen LogP contribution >= 0.6 is 0 Å². The van der Waals surface area contributed by atoms with E-state index in [0.717, 1.165) is 16.8 Å². The topological polar surface area (TPSA) is 59.1 Å². The van der Waals surface area contributed by atoms with Gasteiger partial charge in [0, 0.05) is 49.7 Å². The summed E-state index contributed by atoms with van der Waals surface area (Å²) in [6, 6.07) is 15.7. The third-order valence-corrected chi connectivity index (χ3v) is 6.18. The summed E-state index contributed by atoms with van der Waals surface area (Å²) < 4.78 is 11.1. The molecule has 31 heavy (non-hydrogen) atoms. The van der Waals surface area contributed by atoms with E-state index in [9.17, 15) is 9.59 Å². The predicted molar refractivity (Wildman–Crippen MR) is 118 cm³/mol. The summed E-state index contributed by atoms with van der Waals surface area (Å²) in [5.41, 5.74) is 3.44. The van der Waals surface area contributed by atoms with Gasteiger partial charge in [-0.2, -0.15) is 0 Å². The average Bonchev–Trinajstić information content (AvgIpc) is 2.77. The molecule has 2 aliphatic rings. The van der Waals surface area contributed by atoms with Crippen LogP contribution in [-0.4, -0.2) is 50.0 Å². The minimum absolute atomic E-state index is 0.0277. The molecule has 1 aliphatic carbocycles. The summed E-state index contributed by atoms with van der Waals surface area (Å²) in [6.45, 7) is 0. The molecule has 2 aromatic carbocycles. The molecule has 6 heteroatoms. The summed E-state index contributed by atoms with van der Waals surface area (Å²) in [5, 5.41) is 3.45. The number of ketones is 1. The number of Topliss-reactive ketones (excluding diaryl/α,β-unsaturated/α-hetero) is 1. The highest BCUT2D eigenvalue weighted by Gasteiger charge is 2.43. The standard InChI is InChI=1S/C25H28N2O4/c1-26(2)27-20-13-17(16-9-6-5-7-10-16)14-21(28)24(20)19(15-23(27)29)18-11-8-12-22(30-3)25(18)31-4/h5-12,17,19H,13-15H2,1-4H3/t17-,19-/m1/s1. The molecule has 0 radical (unpaired) electrons. The molecule has 0 spiro atoms. The molecule has 0 unspecified atom stereocenters. The number of amides is 1. The normalized spacial score (nSPS) is 21.4. The van der Waals surface area contributed by atoms with Crippen molar-refractivity contribution in [2.45, 2.75) is 31.1 Å². The van der Waals surface area contributed by atoms with Gasteiger partial charge in [-0.05, 0) is 24.0 Å². The third-order valence-electron chi connectivity index (χ3n) is 6.18. The smallest absolute Gasteiger partial charge is 0.242 e. The van der Waals surface area contributed by atoms with Gasteiger partial charge in [-0.15, -0.1) is 0 Å². The van der Waals surface area contributed by atoms with E-state index in [1.807, 2.05) is 50.5 Å². The van der Waals surface area contributed by atoms with E-state index in [1.165, 1.54) is 0 Å². The maximum absolute atomic E-state index is 13.5. The van der Waals surface area contributed by atoms with E-state index >= 15 is 0 Å². The quantitative estimate of drug-likeness (QED) is 0.734. The fourth-order valence-electron chi connectivity index (χ4n) is 4.90. The first-order chi connectivity index (χ1) is 15.0. The molecule has 0 N–H and O–H groups in total. The number of hydrogen-bond donors (Lipinski definition) is 0. The second-order valence-corrected chi connectivity index (χ2v) is 8.19. The van der Waals surface area contributed by atoms with Crippen molar-refractivity contribution < 1.29 is 19.1 Å². The number of para-hydroxylation sites is 1. The molecule has 2 aromatic rings. The van der Waals surface area contributed by atoms with Gasteiger partial charge in [0.2, 0.25) is 5.91 Å². The number of ether oxygens (including phenoxy) is 2. The molecule has 0 aromatic heterocycles. The van der Waals surface area contributed by atoms with Crippen molar-refractivity contribution in [2.75, 3.05) is 28.3 Å². The van der Waals surface area contributed by atoms with E-state index < -0.39 is 0 Å². The summed E-state index contributed by atoms with van der Waals surface area (Å²) in [5.74, 6) is 0.923. The van der Waals surface area contributed by atoms with Crippen LogP contribution in [0.25, 0.3) is 0 Å². The molecule has 0 fully saturated rings. The third kappa shape index (κ3) is 3.72. The Hall–Kier alpha value is -3.12. The zero-order chi connectivity index (χ0) is 22.1. The lowest BCUT2D eigenvalue weighted by Crippen LogP contribution is -2.48. The maximum atomic E-state index is 13.5. The van der Waals surface area contributed by atoms with E-state index in [4.69, 9.17) is 9.47 Å². The van der Waals surface area contributed by atoms with Crippen molar-refractivity contribution >= 4 is 11.7 Å². The zero-order valence-corrected chi connectivity index (χ0v) is 18.4. The monoisotopic (exact) mass is 420 g/mol. The minimum atomic E-state index is -0.354. The van der Waals surface area contributed by atoms with Crippen LogP contribution in [0.4, 0.5) is 0 Å². The van der Waals surface area contributed by atoms with E-state index in [-0.39, 0.29) is 29.9 Å². The number of methoxy groups -OCH3 is 2. The summed E-state index contributed by atoms with van der Waals surface area (Å²) >= 11 is 0. The van der Waals surface area contributed by atoms with Crippen LogP contribution in [0, 0.1) is 0 Å². The number of carbonyl (C=O) groups excluding carboxylic acids is 2. The van der Waals surface area contributed by atoms with E-state index in [0.29, 0.717) is 29.9 Å². The molecule has 1 heterocycles. The van der Waals surface area contributed by atoms with Crippen molar-refractivity contribution in [3.05, 3.63) is 70.9 Å². The molecular weight excluding hydrogens is 392 g/mol.